The normalized spacial score (nSPS) is 11.0. The van der Waals surface area contributed by atoms with Crippen molar-refractivity contribution in [1.29, 1.82) is 0 Å². The molecular weight excluding hydrogens is 328 g/mol. The molecule has 0 heterocycles. The largest absolute Gasteiger partial charge is 0.494 e. The summed E-state index contributed by atoms with van der Waals surface area (Å²) in [4.78, 5) is 13.6. The molecule has 3 heteroatoms. The van der Waals surface area contributed by atoms with E-state index < -0.39 is 0 Å². The third-order valence-corrected chi connectivity index (χ3v) is 4.67. The maximum atomic E-state index is 12.4. The van der Waals surface area contributed by atoms with E-state index in [4.69, 9.17) is 4.74 Å². The van der Waals surface area contributed by atoms with E-state index in [-0.39, 0.29) is 5.78 Å². The van der Waals surface area contributed by atoms with Gasteiger partial charge in [0.1, 0.15) is 5.75 Å². The van der Waals surface area contributed by atoms with Crippen molar-refractivity contribution in [2.24, 2.45) is 0 Å². The molecule has 0 aliphatic rings. The molecule has 0 N–H and O–H groups in total. The molecule has 0 aliphatic heterocycles. The minimum atomic E-state index is -0.00891. The van der Waals surface area contributed by atoms with Crippen LogP contribution in [0.4, 0.5) is 0 Å². The fraction of sp³-hybridized carbons (Fsp3) is 0.318. The molecule has 2 aromatic rings. The van der Waals surface area contributed by atoms with Gasteiger partial charge in [-0.15, -0.1) is 11.8 Å². The van der Waals surface area contributed by atoms with Gasteiger partial charge in [-0.3, -0.25) is 4.79 Å². The highest BCUT2D eigenvalue weighted by Gasteiger charge is 2.04. The van der Waals surface area contributed by atoms with Gasteiger partial charge in [0, 0.05) is 10.5 Å². The van der Waals surface area contributed by atoms with Crippen LogP contribution in [0.2, 0.25) is 0 Å². The molecule has 0 bridgehead atoms. The third kappa shape index (κ3) is 6.79. The Bertz CT molecular complexity index is 689. The monoisotopic (exact) mass is 354 g/mol. The summed E-state index contributed by atoms with van der Waals surface area (Å²) in [6.45, 7) is 2.90. The first-order valence-electron chi connectivity index (χ1n) is 8.82. The Labute approximate surface area is 155 Å². The molecule has 0 saturated heterocycles. The molecule has 0 aliphatic carbocycles. The maximum Gasteiger partial charge on any atom is 0.185 e. The number of carbonyl (C=O) groups excluding carboxylic acids is 1. The number of thioether (sulfide) groups is 1. The lowest BCUT2D eigenvalue weighted by atomic mass is 10.1. The number of hydrogen-bond donors (Lipinski definition) is 0. The van der Waals surface area contributed by atoms with Gasteiger partial charge in [-0.25, -0.2) is 0 Å². The van der Waals surface area contributed by atoms with E-state index in [2.05, 4.69) is 19.1 Å². The van der Waals surface area contributed by atoms with Crippen LogP contribution in [0.25, 0.3) is 6.08 Å². The van der Waals surface area contributed by atoms with Crippen molar-refractivity contribution in [3.8, 4) is 5.75 Å². The third-order valence-electron chi connectivity index (χ3n) is 3.93. The van der Waals surface area contributed by atoms with E-state index in [0.717, 1.165) is 17.7 Å². The smallest absolute Gasteiger partial charge is 0.185 e. The quantitative estimate of drug-likeness (QED) is 0.218. The molecule has 2 rings (SSSR count). The highest BCUT2D eigenvalue weighted by molar-refractivity contribution is 7.98. The highest BCUT2D eigenvalue weighted by atomic mass is 32.2. The molecule has 0 atom stereocenters. The van der Waals surface area contributed by atoms with Crippen molar-refractivity contribution in [3.63, 3.8) is 0 Å². The molecule has 25 heavy (non-hydrogen) atoms. The Hall–Kier alpha value is -2.00. The fourth-order valence-electron chi connectivity index (χ4n) is 2.44. The first-order chi connectivity index (χ1) is 12.2. The van der Waals surface area contributed by atoms with Gasteiger partial charge >= 0.3 is 0 Å². The van der Waals surface area contributed by atoms with E-state index in [1.54, 1.807) is 17.8 Å². The second-order valence-electron chi connectivity index (χ2n) is 5.91. The maximum absolute atomic E-state index is 12.4. The molecular formula is C22H26O2S. The van der Waals surface area contributed by atoms with Gasteiger partial charge in [0.25, 0.3) is 0 Å². The number of unbranched alkanes of at least 4 members (excludes halogenated alkanes) is 3. The zero-order valence-corrected chi connectivity index (χ0v) is 15.9. The zero-order chi connectivity index (χ0) is 17.9. The summed E-state index contributed by atoms with van der Waals surface area (Å²) < 4.78 is 5.75. The van der Waals surface area contributed by atoms with Gasteiger partial charge < -0.3 is 4.74 Å². The van der Waals surface area contributed by atoms with Gasteiger partial charge in [0.05, 0.1) is 6.61 Å². The lowest BCUT2D eigenvalue weighted by molar-refractivity contribution is 0.104. The Morgan fingerprint density at radius 3 is 2.60 bits per heavy atom. The molecule has 0 unspecified atom stereocenters. The van der Waals surface area contributed by atoms with Gasteiger partial charge in [-0.05, 0) is 48.6 Å². The summed E-state index contributed by atoms with van der Waals surface area (Å²) in [5, 5.41) is 0. The summed E-state index contributed by atoms with van der Waals surface area (Å²) in [6, 6.07) is 15.6. The van der Waals surface area contributed by atoms with Crippen molar-refractivity contribution in [2.45, 2.75) is 37.5 Å². The van der Waals surface area contributed by atoms with E-state index in [1.165, 1.54) is 24.2 Å². The van der Waals surface area contributed by atoms with Crippen LogP contribution in [0.3, 0.4) is 0 Å². The molecule has 0 fully saturated rings. The number of carbonyl (C=O) groups is 1. The summed E-state index contributed by atoms with van der Waals surface area (Å²) >= 11 is 1.71. The Kier molecular flexibility index (Phi) is 8.33. The molecule has 0 aromatic heterocycles. The number of ketones is 1. The minimum absolute atomic E-state index is 0.00891. The van der Waals surface area contributed by atoms with E-state index in [9.17, 15) is 4.79 Å². The summed E-state index contributed by atoms with van der Waals surface area (Å²) in [5.74, 6) is 0.755. The SMILES string of the molecule is CCCCCCOc1cccc(C(=O)/C=C/c2ccc(SC)cc2)c1. The summed E-state index contributed by atoms with van der Waals surface area (Å²) in [6.07, 6.45) is 10.2. The molecule has 0 saturated carbocycles. The first kappa shape index (κ1) is 19.3. The summed E-state index contributed by atoms with van der Waals surface area (Å²) in [5.41, 5.74) is 1.68. The van der Waals surface area contributed by atoms with Crippen molar-refractivity contribution in [2.75, 3.05) is 12.9 Å². The van der Waals surface area contributed by atoms with Crippen LogP contribution in [-0.4, -0.2) is 18.6 Å². The predicted molar refractivity (Wildman–Crippen MR) is 108 cm³/mol. The topological polar surface area (TPSA) is 26.3 Å². The average molecular weight is 355 g/mol. The van der Waals surface area contributed by atoms with Gasteiger partial charge in [-0.2, -0.15) is 0 Å². The van der Waals surface area contributed by atoms with Gasteiger partial charge in [-0.1, -0.05) is 56.5 Å². The molecule has 132 valence electrons. The van der Waals surface area contributed by atoms with E-state index in [0.29, 0.717) is 12.2 Å². The average Bonchev–Trinajstić information content (AvgIpc) is 2.66. The lowest BCUT2D eigenvalue weighted by Gasteiger charge is -2.07. The number of benzene rings is 2. The molecule has 0 radical (unpaired) electrons. The molecule has 2 aromatic carbocycles. The van der Waals surface area contributed by atoms with Crippen LogP contribution in [0, 0.1) is 0 Å². The van der Waals surface area contributed by atoms with Crippen LogP contribution >= 0.6 is 11.8 Å². The van der Waals surface area contributed by atoms with Crippen LogP contribution in [0.5, 0.6) is 5.75 Å². The second kappa shape index (κ2) is 10.8. The van der Waals surface area contributed by atoms with Crippen LogP contribution < -0.4 is 4.74 Å². The second-order valence-corrected chi connectivity index (χ2v) is 6.79. The number of allylic oxidation sites excluding steroid dienone is 1. The van der Waals surface area contributed by atoms with Crippen LogP contribution in [0.1, 0.15) is 48.5 Å². The number of ether oxygens (including phenoxy) is 1. The van der Waals surface area contributed by atoms with Crippen molar-refractivity contribution < 1.29 is 9.53 Å². The van der Waals surface area contributed by atoms with Gasteiger partial charge in [0.15, 0.2) is 5.78 Å². The molecule has 2 nitrogen and oxygen atoms in total. The number of rotatable bonds is 10. The Morgan fingerprint density at radius 1 is 1.08 bits per heavy atom. The standard InChI is InChI=1S/C22H26O2S/c1-3-4-5-6-16-24-20-9-7-8-19(17-20)22(23)15-12-18-10-13-21(25-2)14-11-18/h7-15,17H,3-6,16H2,1-2H3/b15-12+. The Balaban J connectivity index is 1.92. The van der Waals surface area contributed by atoms with Gasteiger partial charge in [0.2, 0.25) is 0 Å². The van der Waals surface area contributed by atoms with Crippen LogP contribution in [0.15, 0.2) is 59.5 Å². The zero-order valence-electron chi connectivity index (χ0n) is 15.0. The first-order valence-corrected chi connectivity index (χ1v) is 10.0. The summed E-state index contributed by atoms with van der Waals surface area (Å²) in [7, 11) is 0. The lowest BCUT2D eigenvalue weighted by Crippen LogP contribution is -1.99. The molecule has 0 amide bonds. The van der Waals surface area contributed by atoms with E-state index in [1.807, 2.05) is 48.7 Å². The Morgan fingerprint density at radius 2 is 1.88 bits per heavy atom. The minimum Gasteiger partial charge on any atom is -0.494 e. The van der Waals surface area contributed by atoms with Crippen molar-refractivity contribution in [3.05, 3.63) is 65.7 Å². The van der Waals surface area contributed by atoms with Crippen molar-refractivity contribution >= 4 is 23.6 Å². The van der Waals surface area contributed by atoms with E-state index >= 15 is 0 Å². The number of hydrogen-bond acceptors (Lipinski definition) is 3. The molecule has 0 spiro atoms. The van der Waals surface area contributed by atoms with Crippen molar-refractivity contribution in [1.82, 2.24) is 0 Å². The highest BCUT2D eigenvalue weighted by Crippen LogP contribution is 2.17. The predicted octanol–water partition coefficient (Wildman–Crippen LogP) is 6.26. The fourth-order valence-corrected chi connectivity index (χ4v) is 2.85. The van der Waals surface area contributed by atoms with Crippen LogP contribution in [-0.2, 0) is 0 Å².